The van der Waals surface area contributed by atoms with Gasteiger partial charge in [0.25, 0.3) is 0 Å². The van der Waals surface area contributed by atoms with Gasteiger partial charge in [0.2, 0.25) is 0 Å². The molecule has 0 unspecified atom stereocenters. The molecule has 1 aromatic carbocycles. The monoisotopic (exact) mass is 240 g/mol. The zero-order chi connectivity index (χ0) is 13.0. The second kappa shape index (κ2) is 5.23. The summed E-state index contributed by atoms with van der Waals surface area (Å²) < 4.78 is 0. The number of carboxylic acids is 1. The Balaban J connectivity index is 2.39. The Morgan fingerprint density at radius 2 is 2.06 bits per heavy atom. The molecular weight excluding hydrogens is 228 g/mol. The number of carbonyl (C=O) groups is 1. The first-order valence-corrected chi connectivity index (χ1v) is 5.47. The summed E-state index contributed by atoms with van der Waals surface area (Å²) in [6.07, 6.45) is 4.13. The Kier molecular flexibility index (Phi) is 3.48. The third kappa shape index (κ3) is 2.79. The molecule has 18 heavy (non-hydrogen) atoms. The molecule has 0 amide bonds. The molecule has 0 radical (unpaired) electrons. The van der Waals surface area contributed by atoms with Crippen LogP contribution >= 0.6 is 0 Å². The predicted octanol–water partition coefficient (Wildman–Crippen LogP) is 2.55. The largest absolute Gasteiger partial charge is 0.478 e. The molecule has 2 rings (SSSR count). The van der Waals surface area contributed by atoms with E-state index in [4.69, 9.17) is 5.11 Å². The van der Waals surface area contributed by atoms with Crippen LogP contribution in [0.2, 0.25) is 0 Å². The van der Waals surface area contributed by atoms with E-state index in [1.165, 1.54) is 6.08 Å². The lowest BCUT2D eigenvalue weighted by Crippen LogP contribution is -1.93. The highest BCUT2D eigenvalue weighted by Gasteiger charge is 2.04. The fraction of sp³-hybridized carbons (Fsp3) is 0.0714. The van der Waals surface area contributed by atoms with E-state index in [0.29, 0.717) is 11.5 Å². The van der Waals surface area contributed by atoms with Gasteiger partial charge in [0, 0.05) is 17.8 Å². The maximum atomic E-state index is 10.5. The van der Waals surface area contributed by atoms with Gasteiger partial charge >= 0.3 is 5.97 Å². The first kappa shape index (κ1) is 12.0. The van der Waals surface area contributed by atoms with Crippen LogP contribution in [0.3, 0.4) is 0 Å². The van der Waals surface area contributed by atoms with E-state index in [2.05, 4.69) is 9.97 Å². The highest BCUT2D eigenvalue weighted by atomic mass is 16.4. The number of hydrogen-bond donors (Lipinski definition) is 1. The molecule has 1 aromatic heterocycles. The van der Waals surface area contributed by atoms with Crippen LogP contribution in [0.25, 0.3) is 17.5 Å². The van der Waals surface area contributed by atoms with Crippen molar-refractivity contribution < 1.29 is 9.90 Å². The molecule has 0 aliphatic rings. The van der Waals surface area contributed by atoms with Gasteiger partial charge in [0.15, 0.2) is 5.82 Å². The van der Waals surface area contributed by atoms with E-state index in [1.807, 2.05) is 31.2 Å². The van der Waals surface area contributed by atoms with Crippen LogP contribution in [0, 0.1) is 6.92 Å². The molecule has 0 saturated heterocycles. The smallest absolute Gasteiger partial charge is 0.328 e. The Morgan fingerprint density at radius 3 is 2.78 bits per heavy atom. The van der Waals surface area contributed by atoms with Gasteiger partial charge in [-0.2, -0.15) is 0 Å². The van der Waals surface area contributed by atoms with Gasteiger partial charge in [-0.25, -0.2) is 14.8 Å². The molecule has 1 heterocycles. The molecule has 0 fully saturated rings. The summed E-state index contributed by atoms with van der Waals surface area (Å²) in [7, 11) is 0. The second-order valence-corrected chi connectivity index (χ2v) is 3.79. The van der Waals surface area contributed by atoms with E-state index in [-0.39, 0.29) is 0 Å². The maximum absolute atomic E-state index is 10.5. The lowest BCUT2D eigenvalue weighted by molar-refractivity contribution is -0.131. The molecule has 0 saturated carbocycles. The fourth-order valence-electron chi connectivity index (χ4n) is 1.58. The normalized spacial score (nSPS) is 10.7. The lowest BCUT2D eigenvalue weighted by Gasteiger charge is -2.04. The molecule has 0 bridgehead atoms. The van der Waals surface area contributed by atoms with Gasteiger partial charge in [-0.05, 0) is 24.6 Å². The SMILES string of the molecule is Cc1ccccc1-c1nccc(/C=C/C(=O)O)n1. The number of benzene rings is 1. The van der Waals surface area contributed by atoms with Crippen molar-refractivity contribution in [3.05, 3.63) is 53.9 Å². The van der Waals surface area contributed by atoms with E-state index in [9.17, 15) is 4.79 Å². The Bertz CT molecular complexity index is 606. The summed E-state index contributed by atoms with van der Waals surface area (Å²) in [5, 5.41) is 8.58. The second-order valence-electron chi connectivity index (χ2n) is 3.79. The molecule has 4 nitrogen and oxygen atoms in total. The lowest BCUT2D eigenvalue weighted by atomic mass is 10.1. The van der Waals surface area contributed by atoms with Gasteiger partial charge in [0.05, 0.1) is 5.69 Å². The molecule has 4 heteroatoms. The van der Waals surface area contributed by atoms with Crippen molar-refractivity contribution in [2.75, 3.05) is 0 Å². The quantitative estimate of drug-likeness (QED) is 0.837. The summed E-state index contributed by atoms with van der Waals surface area (Å²) in [6, 6.07) is 9.47. The van der Waals surface area contributed by atoms with E-state index in [0.717, 1.165) is 17.2 Å². The van der Waals surface area contributed by atoms with Crippen molar-refractivity contribution in [3.63, 3.8) is 0 Å². The molecule has 0 atom stereocenters. The molecule has 1 N–H and O–H groups in total. The van der Waals surface area contributed by atoms with Gasteiger partial charge in [0.1, 0.15) is 0 Å². The average molecular weight is 240 g/mol. The van der Waals surface area contributed by atoms with Crippen LogP contribution in [0.4, 0.5) is 0 Å². The minimum atomic E-state index is -0.994. The number of nitrogens with zero attached hydrogens (tertiary/aromatic N) is 2. The van der Waals surface area contributed by atoms with Crippen LogP contribution < -0.4 is 0 Å². The van der Waals surface area contributed by atoms with E-state index in [1.54, 1.807) is 12.3 Å². The first-order valence-electron chi connectivity index (χ1n) is 5.47. The summed E-state index contributed by atoms with van der Waals surface area (Å²) in [4.78, 5) is 19.0. The van der Waals surface area contributed by atoms with Crippen molar-refractivity contribution in [2.45, 2.75) is 6.92 Å². The number of hydrogen-bond acceptors (Lipinski definition) is 3. The van der Waals surface area contributed by atoms with Crippen molar-refractivity contribution in [2.24, 2.45) is 0 Å². The molecule has 0 aliphatic carbocycles. The molecule has 0 aliphatic heterocycles. The third-order valence-corrected chi connectivity index (χ3v) is 2.46. The number of aromatic nitrogens is 2. The molecule has 2 aromatic rings. The Morgan fingerprint density at radius 1 is 1.28 bits per heavy atom. The summed E-state index contributed by atoms with van der Waals surface area (Å²) in [5.41, 5.74) is 2.60. The van der Waals surface area contributed by atoms with Crippen molar-refractivity contribution in [1.29, 1.82) is 0 Å². The van der Waals surface area contributed by atoms with Crippen LogP contribution in [0.5, 0.6) is 0 Å². The Labute approximate surface area is 105 Å². The average Bonchev–Trinajstić information content (AvgIpc) is 2.37. The molecular formula is C14H12N2O2. The van der Waals surface area contributed by atoms with Gasteiger partial charge in [-0.3, -0.25) is 0 Å². The standard InChI is InChI=1S/C14H12N2O2/c1-10-4-2-3-5-12(10)14-15-9-8-11(16-14)6-7-13(17)18/h2-9H,1H3,(H,17,18)/b7-6+. The van der Waals surface area contributed by atoms with Crippen LogP contribution in [-0.2, 0) is 4.79 Å². The minimum absolute atomic E-state index is 0.575. The molecule has 0 spiro atoms. The van der Waals surface area contributed by atoms with Crippen LogP contribution in [-0.4, -0.2) is 21.0 Å². The third-order valence-electron chi connectivity index (χ3n) is 2.46. The summed E-state index contributed by atoms with van der Waals surface area (Å²) >= 11 is 0. The molecule has 90 valence electrons. The number of aliphatic carboxylic acids is 1. The van der Waals surface area contributed by atoms with Gasteiger partial charge in [-0.1, -0.05) is 24.3 Å². The van der Waals surface area contributed by atoms with Gasteiger partial charge < -0.3 is 5.11 Å². The Hall–Kier alpha value is -2.49. The maximum Gasteiger partial charge on any atom is 0.328 e. The summed E-state index contributed by atoms with van der Waals surface area (Å²) in [5.74, 6) is -0.397. The highest BCUT2D eigenvalue weighted by Crippen LogP contribution is 2.19. The summed E-state index contributed by atoms with van der Waals surface area (Å²) in [6.45, 7) is 1.98. The topological polar surface area (TPSA) is 63.1 Å². The highest BCUT2D eigenvalue weighted by molar-refractivity contribution is 5.84. The van der Waals surface area contributed by atoms with E-state index < -0.39 is 5.97 Å². The number of rotatable bonds is 3. The van der Waals surface area contributed by atoms with E-state index >= 15 is 0 Å². The first-order chi connectivity index (χ1) is 8.66. The number of aryl methyl sites for hydroxylation is 1. The van der Waals surface area contributed by atoms with Crippen molar-refractivity contribution in [1.82, 2.24) is 9.97 Å². The fourth-order valence-corrected chi connectivity index (χ4v) is 1.58. The van der Waals surface area contributed by atoms with Gasteiger partial charge in [-0.15, -0.1) is 0 Å². The van der Waals surface area contributed by atoms with Crippen molar-refractivity contribution in [3.8, 4) is 11.4 Å². The number of carboxylic acid groups (broad SMARTS) is 1. The predicted molar refractivity (Wildman–Crippen MR) is 68.9 cm³/mol. The van der Waals surface area contributed by atoms with Crippen molar-refractivity contribution >= 4 is 12.0 Å². The van der Waals surface area contributed by atoms with Crippen LogP contribution in [0.1, 0.15) is 11.3 Å². The van der Waals surface area contributed by atoms with Crippen LogP contribution in [0.15, 0.2) is 42.6 Å². The zero-order valence-electron chi connectivity index (χ0n) is 9.87. The zero-order valence-corrected chi connectivity index (χ0v) is 9.87. The minimum Gasteiger partial charge on any atom is -0.478 e.